The minimum Gasteiger partial charge on any atom is -0.491 e. The molecular formula is C15H25ClN2O3S. The normalized spacial score (nSPS) is 16.2. The van der Waals surface area contributed by atoms with Crippen LogP contribution in [0.1, 0.15) is 32.3 Å². The van der Waals surface area contributed by atoms with Gasteiger partial charge in [-0.2, -0.15) is 0 Å². The quantitative estimate of drug-likeness (QED) is 0.791. The van der Waals surface area contributed by atoms with E-state index in [0.29, 0.717) is 18.2 Å². The summed E-state index contributed by atoms with van der Waals surface area (Å²) in [5, 5.41) is 0. The van der Waals surface area contributed by atoms with Gasteiger partial charge in [-0.05, 0) is 63.3 Å². The van der Waals surface area contributed by atoms with Crippen LogP contribution < -0.4 is 15.2 Å². The number of aryl methyl sites for hydroxylation is 1. The number of ether oxygens (including phenoxy) is 1. The number of sulfonamides is 1. The van der Waals surface area contributed by atoms with Gasteiger partial charge < -0.3 is 10.5 Å². The molecule has 1 atom stereocenters. The van der Waals surface area contributed by atoms with Crippen molar-refractivity contribution in [3.8, 4) is 5.75 Å². The lowest BCUT2D eigenvalue weighted by molar-refractivity contribution is 0.240. The Labute approximate surface area is 139 Å². The summed E-state index contributed by atoms with van der Waals surface area (Å²) in [6.07, 6.45) is 2.15. The van der Waals surface area contributed by atoms with Crippen molar-refractivity contribution >= 4 is 22.4 Å². The highest BCUT2D eigenvalue weighted by atomic mass is 35.5. The Balaban J connectivity index is 0.00000242. The fourth-order valence-electron chi connectivity index (χ4n) is 2.28. The van der Waals surface area contributed by atoms with Crippen LogP contribution in [0.4, 0.5) is 0 Å². The van der Waals surface area contributed by atoms with Gasteiger partial charge in [-0.25, -0.2) is 13.1 Å². The number of hydrogen-bond donors (Lipinski definition) is 2. The van der Waals surface area contributed by atoms with Crippen molar-refractivity contribution in [3.63, 3.8) is 0 Å². The summed E-state index contributed by atoms with van der Waals surface area (Å²) >= 11 is 0. The van der Waals surface area contributed by atoms with E-state index >= 15 is 0 Å². The highest BCUT2D eigenvalue weighted by Gasteiger charge is 2.33. The van der Waals surface area contributed by atoms with Gasteiger partial charge in [0.15, 0.2) is 0 Å². The maximum Gasteiger partial charge on any atom is 0.240 e. The molecule has 0 amide bonds. The lowest BCUT2D eigenvalue weighted by atomic mass is 10.2. The molecule has 0 aliphatic heterocycles. The number of benzene rings is 1. The lowest BCUT2D eigenvalue weighted by Crippen LogP contribution is -2.41. The number of rotatable bonds is 7. The molecule has 1 fully saturated rings. The van der Waals surface area contributed by atoms with Crippen LogP contribution in [0, 0.1) is 12.8 Å². The molecule has 1 aliphatic carbocycles. The monoisotopic (exact) mass is 348 g/mol. The fourth-order valence-corrected chi connectivity index (χ4v) is 3.68. The van der Waals surface area contributed by atoms with Crippen molar-refractivity contribution in [2.45, 2.75) is 50.7 Å². The standard InChI is InChI=1S/C15H24N2O3S.ClH/c1-10(2)20-15-7-6-13(8-11(15)3)21(18,19)17-14(9-16)12-4-5-12;/h6-8,10,12,14,17H,4-5,9,16H2,1-3H3;1H. The lowest BCUT2D eigenvalue weighted by Gasteiger charge is -2.17. The van der Waals surface area contributed by atoms with Crippen LogP contribution >= 0.6 is 12.4 Å². The third-order valence-electron chi connectivity index (χ3n) is 3.57. The summed E-state index contributed by atoms with van der Waals surface area (Å²) in [5.41, 5.74) is 6.47. The first kappa shape index (κ1) is 19.2. The second-order valence-corrected chi connectivity index (χ2v) is 7.61. The fraction of sp³-hybridized carbons (Fsp3) is 0.600. The molecule has 1 aromatic carbocycles. The molecule has 0 aromatic heterocycles. The van der Waals surface area contributed by atoms with E-state index in [9.17, 15) is 8.42 Å². The zero-order valence-corrected chi connectivity index (χ0v) is 14.8. The maximum atomic E-state index is 12.4. The van der Waals surface area contributed by atoms with E-state index in [1.54, 1.807) is 18.2 Å². The van der Waals surface area contributed by atoms with Crippen LogP contribution in [0.2, 0.25) is 0 Å². The maximum absolute atomic E-state index is 12.4. The van der Waals surface area contributed by atoms with Gasteiger partial charge in [0.25, 0.3) is 0 Å². The van der Waals surface area contributed by atoms with E-state index in [4.69, 9.17) is 10.5 Å². The molecule has 1 aliphatic rings. The Kier molecular flexibility index (Phi) is 6.67. The minimum atomic E-state index is -3.53. The van der Waals surface area contributed by atoms with Crippen LogP contribution in [-0.4, -0.2) is 27.1 Å². The SMILES string of the molecule is Cc1cc(S(=O)(=O)NC(CN)C2CC2)ccc1OC(C)C.Cl. The summed E-state index contributed by atoms with van der Waals surface area (Å²) in [6, 6.07) is 4.76. The first-order valence-corrected chi connectivity index (χ1v) is 8.81. The topological polar surface area (TPSA) is 81.4 Å². The molecular weight excluding hydrogens is 324 g/mol. The second kappa shape index (κ2) is 7.64. The molecule has 1 saturated carbocycles. The molecule has 0 radical (unpaired) electrons. The molecule has 22 heavy (non-hydrogen) atoms. The van der Waals surface area contributed by atoms with Gasteiger partial charge in [0.2, 0.25) is 10.0 Å². The van der Waals surface area contributed by atoms with Crippen LogP contribution in [0.15, 0.2) is 23.1 Å². The first-order chi connectivity index (χ1) is 9.83. The Hall–Kier alpha value is -0.820. The average molecular weight is 349 g/mol. The second-order valence-electron chi connectivity index (χ2n) is 5.89. The van der Waals surface area contributed by atoms with E-state index in [-0.39, 0.29) is 29.4 Å². The highest BCUT2D eigenvalue weighted by molar-refractivity contribution is 7.89. The highest BCUT2D eigenvalue weighted by Crippen LogP contribution is 2.33. The molecule has 0 heterocycles. The molecule has 0 saturated heterocycles. The van der Waals surface area contributed by atoms with Crippen molar-refractivity contribution < 1.29 is 13.2 Å². The predicted octanol–water partition coefficient (Wildman–Crippen LogP) is 2.22. The molecule has 1 unspecified atom stereocenters. The Morgan fingerprint density at radius 3 is 2.45 bits per heavy atom. The first-order valence-electron chi connectivity index (χ1n) is 7.33. The van der Waals surface area contributed by atoms with Crippen LogP contribution in [0.5, 0.6) is 5.75 Å². The predicted molar refractivity (Wildman–Crippen MR) is 90.1 cm³/mol. The zero-order chi connectivity index (χ0) is 15.6. The van der Waals surface area contributed by atoms with Crippen molar-refractivity contribution in [2.24, 2.45) is 11.7 Å². The Morgan fingerprint density at radius 1 is 1.36 bits per heavy atom. The van der Waals surface area contributed by atoms with Gasteiger partial charge in [-0.15, -0.1) is 12.4 Å². The van der Waals surface area contributed by atoms with Gasteiger partial charge in [0, 0.05) is 12.6 Å². The van der Waals surface area contributed by atoms with Gasteiger partial charge in [-0.3, -0.25) is 0 Å². The molecule has 3 N–H and O–H groups in total. The van der Waals surface area contributed by atoms with Crippen LogP contribution in [-0.2, 0) is 10.0 Å². The summed E-state index contributed by atoms with van der Waals surface area (Å²) in [4.78, 5) is 0.259. The molecule has 5 nitrogen and oxygen atoms in total. The van der Waals surface area contributed by atoms with E-state index in [1.165, 1.54) is 0 Å². The van der Waals surface area contributed by atoms with E-state index in [1.807, 2.05) is 20.8 Å². The minimum absolute atomic E-state index is 0. The van der Waals surface area contributed by atoms with E-state index in [2.05, 4.69) is 4.72 Å². The summed E-state index contributed by atoms with van der Waals surface area (Å²) < 4.78 is 33.2. The van der Waals surface area contributed by atoms with Gasteiger partial charge >= 0.3 is 0 Å². The van der Waals surface area contributed by atoms with Crippen molar-refractivity contribution in [2.75, 3.05) is 6.54 Å². The number of halogens is 1. The summed E-state index contributed by atoms with van der Waals surface area (Å²) in [6.45, 7) is 6.05. The average Bonchev–Trinajstić information content (AvgIpc) is 3.22. The van der Waals surface area contributed by atoms with Gasteiger partial charge in [0.1, 0.15) is 5.75 Å². The third-order valence-corrected chi connectivity index (χ3v) is 5.06. The Morgan fingerprint density at radius 2 is 2.00 bits per heavy atom. The molecule has 1 aromatic rings. The molecule has 126 valence electrons. The van der Waals surface area contributed by atoms with Crippen LogP contribution in [0.25, 0.3) is 0 Å². The van der Waals surface area contributed by atoms with Crippen LogP contribution in [0.3, 0.4) is 0 Å². The van der Waals surface area contributed by atoms with Gasteiger partial charge in [-0.1, -0.05) is 0 Å². The van der Waals surface area contributed by atoms with E-state index < -0.39 is 10.0 Å². The third kappa shape index (κ3) is 4.84. The summed E-state index contributed by atoms with van der Waals surface area (Å²) in [7, 11) is -3.53. The molecule has 7 heteroatoms. The Bertz CT molecular complexity index is 601. The molecule has 0 spiro atoms. The van der Waals surface area contributed by atoms with Crippen molar-refractivity contribution in [1.82, 2.24) is 4.72 Å². The van der Waals surface area contributed by atoms with Crippen molar-refractivity contribution in [1.29, 1.82) is 0 Å². The number of nitrogens with one attached hydrogen (secondary N) is 1. The number of nitrogens with two attached hydrogens (primary N) is 1. The van der Waals surface area contributed by atoms with Crippen molar-refractivity contribution in [3.05, 3.63) is 23.8 Å². The van der Waals surface area contributed by atoms with Gasteiger partial charge in [0.05, 0.1) is 11.0 Å². The number of hydrogen-bond acceptors (Lipinski definition) is 4. The zero-order valence-electron chi connectivity index (χ0n) is 13.2. The largest absolute Gasteiger partial charge is 0.491 e. The smallest absolute Gasteiger partial charge is 0.240 e. The molecule has 0 bridgehead atoms. The molecule has 2 rings (SSSR count). The summed E-state index contributed by atoms with van der Waals surface area (Å²) in [5.74, 6) is 1.09. The van der Waals surface area contributed by atoms with E-state index in [0.717, 1.165) is 18.4 Å².